The first-order chi connectivity index (χ1) is 13.3. The van der Waals surface area contributed by atoms with E-state index in [1.807, 2.05) is 36.4 Å². The Morgan fingerprint density at radius 2 is 1.44 bits per heavy atom. The Hall–Kier alpha value is -3.90. The van der Waals surface area contributed by atoms with Crippen molar-refractivity contribution in [2.75, 3.05) is 0 Å². The smallest absolute Gasteiger partial charge is 0.205 e. The Bertz CT molecular complexity index is 1340. The summed E-state index contributed by atoms with van der Waals surface area (Å²) >= 11 is 0. The maximum Gasteiger partial charge on any atom is 0.205 e. The van der Waals surface area contributed by atoms with Gasteiger partial charge in [0, 0.05) is 23.2 Å². The summed E-state index contributed by atoms with van der Waals surface area (Å²) in [5.74, 6) is 0. The van der Waals surface area contributed by atoms with Gasteiger partial charge in [-0.25, -0.2) is 4.85 Å². The van der Waals surface area contributed by atoms with Gasteiger partial charge in [0.25, 0.3) is 0 Å². The zero-order chi connectivity index (χ0) is 18.2. The second-order valence-electron chi connectivity index (χ2n) is 6.43. The number of fused-ring (bicyclic) bond motifs is 3. The summed E-state index contributed by atoms with van der Waals surface area (Å²) < 4.78 is 6.02. The van der Waals surface area contributed by atoms with E-state index < -0.39 is 0 Å². The predicted molar refractivity (Wildman–Crippen MR) is 109 cm³/mol. The average molecular weight is 346 g/mol. The summed E-state index contributed by atoms with van der Waals surface area (Å²) in [4.78, 5) is 7.64. The summed E-state index contributed by atoms with van der Waals surface area (Å²) in [5.41, 5.74) is 6.50. The van der Waals surface area contributed by atoms with E-state index in [0.717, 1.165) is 44.2 Å². The lowest BCUT2D eigenvalue weighted by molar-refractivity contribution is 0.669. The first-order valence-electron chi connectivity index (χ1n) is 8.66. The van der Waals surface area contributed by atoms with Crippen molar-refractivity contribution in [1.29, 1.82) is 0 Å². The van der Waals surface area contributed by atoms with Crippen molar-refractivity contribution in [3.05, 3.63) is 96.6 Å². The normalized spacial score (nSPS) is 10.9. The van der Waals surface area contributed by atoms with Gasteiger partial charge in [0.15, 0.2) is 0 Å². The minimum atomic E-state index is 0.543. The molecule has 0 saturated carbocycles. The molecule has 0 spiro atoms. The molecule has 0 aliphatic carbocycles. The average Bonchev–Trinajstić information content (AvgIpc) is 3.11. The molecule has 0 bridgehead atoms. The zero-order valence-electron chi connectivity index (χ0n) is 14.4. The number of pyridine rings is 1. The van der Waals surface area contributed by atoms with Crippen LogP contribution in [0.3, 0.4) is 0 Å². The number of para-hydroxylation sites is 1. The number of rotatable bonds is 2. The Kier molecular flexibility index (Phi) is 3.48. The Morgan fingerprint density at radius 3 is 2.33 bits per heavy atom. The molecule has 0 N–H and O–H groups in total. The maximum absolute atomic E-state index is 7.18. The zero-order valence-corrected chi connectivity index (χ0v) is 14.4. The molecule has 5 aromatic rings. The molecule has 3 heteroatoms. The summed E-state index contributed by atoms with van der Waals surface area (Å²) in [5, 5.41) is 2.26. The van der Waals surface area contributed by atoms with E-state index >= 15 is 0 Å². The topological polar surface area (TPSA) is 30.4 Å². The Labute approximate surface area is 156 Å². The molecule has 0 fully saturated rings. The molecule has 0 unspecified atom stereocenters. The SMILES string of the molecule is [C-]#[N+]c1cncc(-c2cccc(-c3ccc4c(c3)oc3ccccc34)c2)c1. The number of aromatic nitrogens is 1. The number of hydrogen-bond donors (Lipinski definition) is 0. The van der Waals surface area contributed by atoms with Gasteiger partial charge in [-0.1, -0.05) is 42.5 Å². The third-order valence-corrected chi connectivity index (χ3v) is 4.76. The molecular formula is C24H14N2O. The second-order valence-corrected chi connectivity index (χ2v) is 6.43. The number of hydrogen-bond acceptors (Lipinski definition) is 2. The first-order valence-corrected chi connectivity index (χ1v) is 8.66. The van der Waals surface area contributed by atoms with Crippen LogP contribution in [0.25, 0.3) is 49.0 Å². The van der Waals surface area contributed by atoms with Crippen molar-refractivity contribution >= 4 is 27.6 Å². The molecule has 27 heavy (non-hydrogen) atoms. The van der Waals surface area contributed by atoms with Gasteiger partial charge in [0.2, 0.25) is 5.69 Å². The van der Waals surface area contributed by atoms with Crippen LogP contribution in [0.2, 0.25) is 0 Å². The van der Waals surface area contributed by atoms with E-state index in [2.05, 4.69) is 46.2 Å². The molecule has 3 nitrogen and oxygen atoms in total. The van der Waals surface area contributed by atoms with Gasteiger partial charge < -0.3 is 4.42 Å². The van der Waals surface area contributed by atoms with Crippen LogP contribution in [0.15, 0.2) is 89.6 Å². The fraction of sp³-hybridized carbons (Fsp3) is 0. The molecule has 0 aliphatic heterocycles. The quantitative estimate of drug-likeness (QED) is 0.327. The van der Waals surface area contributed by atoms with Gasteiger partial charge >= 0.3 is 0 Å². The Balaban J connectivity index is 1.62. The number of benzene rings is 3. The molecule has 126 valence electrons. The third kappa shape index (κ3) is 2.65. The van der Waals surface area contributed by atoms with Crippen LogP contribution in [0.4, 0.5) is 5.69 Å². The van der Waals surface area contributed by atoms with Gasteiger partial charge in [0.05, 0.1) is 6.57 Å². The molecule has 0 radical (unpaired) electrons. The lowest BCUT2D eigenvalue weighted by atomic mass is 9.99. The highest BCUT2D eigenvalue weighted by atomic mass is 16.3. The van der Waals surface area contributed by atoms with Crippen molar-refractivity contribution in [1.82, 2.24) is 4.98 Å². The van der Waals surface area contributed by atoms with Gasteiger partial charge in [0.1, 0.15) is 11.2 Å². The van der Waals surface area contributed by atoms with Crippen LogP contribution in [0.5, 0.6) is 0 Å². The summed E-state index contributed by atoms with van der Waals surface area (Å²) in [7, 11) is 0. The van der Waals surface area contributed by atoms with E-state index in [-0.39, 0.29) is 0 Å². The largest absolute Gasteiger partial charge is 0.456 e. The maximum atomic E-state index is 7.18. The van der Waals surface area contributed by atoms with E-state index in [9.17, 15) is 0 Å². The molecule has 0 atom stereocenters. The molecule has 0 saturated heterocycles. The highest BCUT2D eigenvalue weighted by Crippen LogP contribution is 2.33. The van der Waals surface area contributed by atoms with Crippen molar-refractivity contribution < 1.29 is 4.42 Å². The second kappa shape index (κ2) is 6.12. The van der Waals surface area contributed by atoms with Crippen molar-refractivity contribution in [2.45, 2.75) is 0 Å². The van der Waals surface area contributed by atoms with Gasteiger partial charge in [-0.3, -0.25) is 4.98 Å². The van der Waals surface area contributed by atoms with E-state index in [1.165, 1.54) is 0 Å². The molecule has 5 rings (SSSR count). The van der Waals surface area contributed by atoms with E-state index in [0.29, 0.717) is 5.69 Å². The highest BCUT2D eigenvalue weighted by molar-refractivity contribution is 6.05. The molecule has 2 aromatic heterocycles. The van der Waals surface area contributed by atoms with Crippen LogP contribution in [-0.4, -0.2) is 4.98 Å². The molecule has 0 amide bonds. The minimum Gasteiger partial charge on any atom is -0.456 e. The molecule has 3 aromatic carbocycles. The lowest BCUT2D eigenvalue weighted by Gasteiger charge is -2.06. The minimum absolute atomic E-state index is 0.543. The van der Waals surface area contributed by atoms with Crippen molar-refractivity contribution in [2.24, 2.45) is 0 Å². The van der Waals surface area contributed by atoms with Crippen molar-refractivity contribution in [3.8, 4) is 22.3 Å². The standard InChI is InChI=1S/C24H14N2O/c1-25-20-12-19(14-26-15-20)17-6-4-5-16(11-17)18-9-10-22-21-7-2-3-8-23(21)27-24(22)13-18/h2-15H. The monoisotopic (exact) mass is 346 g/mol. The molecular weight excluding hydrogens is 332 g/mol. The predicted octanol–water partition coefficient (Wildman–Crippen LogP) is 6.87. The highest BCUT2D eigenvalue weighted by Gasteiger charge is 2.09. The van der Waals surface area contributed by atoms with Gasteiger partial charge in [-0.05, 0) is 52.6 Å². The van der Waals surface area contributed by atoms with Crippen LogP contribution in [-0.2, 0) is 0 Å². The van der Waals surface area contributed by atoms with Crippen molar-refractivity contribution in [3.63, 3.8) is 0 Å². The first kappa shape index (κ1) is 15.4. The van der Waals surface area contributed by atoms with Crippen LogP contribution < -0.4 is 0 Å². The van der Waals surface area contributed by atoms with E-state index in [1.54, 1.807) is 12.4 Å². The molecule has 0 aliphatic rings. The fourth-order valence-electron chi connectivity index (χ4n) is 3.43. The number of furan rings is 1. The summed E-state index contributed by atoms with van der Waals surface area (Å²) in [6, 6.07) is 24.5. The Morgan fingerprint density at radius 1 is 0.667 bits per heavy atom. The van der Waals surface area contributed by atoms with Crippen LogP contribution in [0, 0.1) is 6.57 Å². The lowest BCUT2D eigenvalue weighted by Crippen LogP contribution is -1.82. The third-order valence-electron chi connectivity index (χ3n) is 4.76. The van der Waals surface area contributed by atoms with Crippen LogP contribution in [0.1, 0.15) is 0 Å². The number of nitrogens with zero attached hydrogens (tertiary/aromatic N) is 2. The van der Waals surface area contributed by atoms with Gasteiger partial charge in [-0.2, -0.15) is 0 Å². The molecule has 2 heterocycles. The van der Waals surface area contributed by atoms with Gasteiger partial charge in [-0.15, -0.1) is 0 Å². The summed E-state index contributed by atoms with van der Waals surface area (Å²) in [6.07, 6.45) is 3.37. The fourth-order valence-corrected chi connectivity index (χ4v) is 3.43. The summed E-state index contributed by atoms with van der Waals surface area (Å²) in [6.45, 7) is 7.18. The van der Waals surface area contributed by atoms with Crippen LogP contribution >= 0.6 is 0 Å². The van der Waals surface area contributed by atoms with E-state index in [4.69, 9.17) is 11.0 Å².